The van der Waals surface area contributed by atoms with Crippen molar-refractivity contribution in [2.24, 2.45) is 0 Å². The molecule has 0 amide bonds. The van der Waals surface area contributed by atoms with Crippen molar-refractivity contribution < 1.29 is 30.9 Å². The average molecular weight is 428 g/mol. The quantitative estimate of drug-likeness (QED) is 0.355. The highest BCUT2D eigenvalue weighted by Crippen LogP contribution is 2.48. The van der Waals surface area contributed by atoms with Crippen molar-refractivity contribution in [1.82, 2.24) is 0 Å². The van der Waals surface area contributed by atoms with Gasteiger partial charge >= 0.3 is 12.4 Å². The van der Waals surface area contributed by atoms with Gasteiger partial charge in [-0.3, -0.25) is 0 Å². The maximum atomic E-state index is 14.0. The normalized spacial score (nSPS) is 12.8. The van der Waals surface area contributed by atoms with Crippen molar-refractivity contribution in [2.45, 2.75) is 18.5 Å². The number of halogens is 6. The Morgan fingerprint density at radius 3 is 1.48 bits per heavy atom. The third-order valence-electron chi connectivity index (χ3n) is 4.43. The van der Waals surface area contributed by atoms with Crippen LogP contribution in [-0.4, -0.2) is 0 Å². The van der Waals surface area contributed by atoms with Gasteiger partial charge in [-0.05, 0) is 29.8 Å². The predicted octanol–water partition coefficient (Wildman–Crippen LogP) is 6.24. The molecule has 152 valence electrons. The monoisotopic (exact) mass is 428 g/mol. The standard InChI is InChI=1S/C21H15F6OP/c22-20(23,24)16-8-4-10-18(12-16)29(28,14-15-6-2-1-3-7-15)19-11-5-9-17(13-19)21(25,26)27/h1-13H,14H2. The molecule has 8 heteroatoms. The van der Waals surface area contributed by atoms with Crippen LogP contribution in [0.5, 0.6) is 0 Å². The van der Waals surface area contributed by atoms with Crippen LogP contribution in [0.1, 0.15) is 16.7 Å². The van der Waals surface area contributed by atoms with Crippen molar-refractivity contribution in [1.29, 1.82) is 0 Å². The van der Waals surface area contributed by atoms with E-state index in [9.17, 15) is 30.9 Å². The molecule has 0 aliphatic rings. The summed E-state index contributed by atoms with van der Waals surface area (Å²) in [5, 5.41) is -0.286. The molecule has 3 aromatic carbocycles. The fraction of sp³-hybridized carbons (Fsp3) is 0.143. The van der Waals surface area contributed by atoms with Gasteiger partial charge < -0.3 is 4.57 Å². The van der Waals surface area contributed by atoms with E-state index in [1.807, 2.05) is 0 Å². The minimum Gasteiger partial charge on any atom is -0.313 e. The molecular weight excluding hydrogens is 413 g/mol. The van der Waals surface area contributed by atoms with Gasteiger partial charge in [0.05, 0.1) is 11.1 Å². The smallest absolute Gasteiger partial charge is 0.313 e. The number of hydrogen-bond donors (Lipinski definition) is 0. The molecule has 0 spiro atoms. The third-order valence-corrected chi connectivity index (χ3v) is 7.46. The first kappa shape index (κ1) is 21.2. The van der Waals surface area contributed by atoms with Crippen LogP contribution in [0.4, 0.5) is 26.3 Å². The zero-order valence-corrected chi connectivity index (χ0v) is 15.7. The van der Waals surface area contributed by atoms with E-state index in [1.165, 1.54) is 12.1 Å². The highest BCUT2D eigenvalue weighted by atomic mass is 31.2. The summed E-state index contributed by atoms with van der Waals surface area (Å²) in [6, 6.07) is 16.2. The van der Waals surface area contributed by atoms with Crippen LogP contribution in [0.15, 0.2) is 78.9 Å². The molecule has 1 nitrogen and oxygen atoms in total. The fourth-order valence-corrected chi connectivity index (χ4v) is 5.72. The number of rotatable bonds is 4. The SMILES string of the molecule is O=P(Cc1ccccc1)(c1cccc(C(F)(F)F)c1)c1cccc(C(F)(F)F)c1. The Labute approximate surface area is 163 Å². The Balaban J connectivity index is 2.20. The lowest BCUT2D eigenvalue weighted by atomic mass is 10.2. The van der Waals surface area contributed by atoms with Crippen molar-refractivity contribution in [2.75, 3.05) is 0 Å². The average Bonchev–Trinajstić information content (AvgIpc) is 2.67. The van der Waals surface area contributed by atoms with Gasteiger partial charge in [0.25, 0.3) is 0 Å². The summed E-state index contributed by atoms with van der Waals surface area (Å²) in [6.07, 6.45) is -9.53. The summed E-state index contributed by atoms with van der Waals surface area (Å²) in [5.74, 6) is 0. The molecule has 0 heterocycles. The number of alkyl halides is 6. The molecular formula is C21H15F6OP. The summed E-state index contributed by atoms with van der Waals surface area (Å²) >= 11 is 0. The maximum absolute atomic E-state index is 14.0. The van der Waals surface area contributed by atoms with E-state index in [0.29, 0.717) is 5.56 Å². The maximum Gasteiger partial charge on any atom is 0.416 e. The van der Waals surface area contributed by atoms with E-state index in [4.69, 9.17) is 0 Å². The molecule has 0 bridgehead atoms. The van der Waals surface area contributed by atoms with Gasteiger partial charge in [0, 0.05) is 16.8 Å². The summed E-state index contributed by atoms with van der Waals surface area (Å²) in [4.78, 5) is 0. The second-order valence-corrected chi connectivity index (χ2v) is 9.31. The Morgan fingerprint density at radius 2 is 1.07 bits per heavy atom. The van der Waals surface area contributed by atoms with E-state index in [2.05, 4.69) is 0 Å². The molecule has 0 aliphatic heterocycles. The molecule has 0 unspecified atom stereocenters. The van der Waals surface area contributed by atoms with Crippen LogP contribution in [0.3, 0.4) is 0 Å². The van der Waals surface area contributed by atoms with Crippen LogP contribution >= 0.6 is 7.14 Å². The molecule has 0 fully saturated rings. The van der Waals surface area contributed by atoms with Crippen molar-refractivity contribution in [3.8, 4) is 0 Å². The minimum absolute atomic E-state index is 0.143. The van der Waals surface area contributed by atoms with Crippen molar-refractivity contribution in [3.63, 3.8) is 0 Å². The molecule has 0 saturated heterocycles. The molecule has 29 heavy (non-hydrogen) atoms. The molecule has 0 aliphatic carbocycles. The molecule has 3 rings (SSSR count). The molecule has 0 saturated carbocycles. The molecule has 0 radical (unpaired) electrons. The first-order valence-electron chi connectivity index (χ1n) is 8.49. The van der Waals surface area contributed by atoms with Gasteiger partial charge in [0.1, 0.15) is 7.14 Å². The Kier molecular flexibility index (Phi) is 5.63. The van der Waals surface area contributed by atoms with E-state index in [-0.39, 0.29) is 16.8 Å². The lowest BCUT2D eigenvalue weighted by Gasteiger charge is -2.22. The fourth-order valence-electron chi connectivity index (χ4n) is 2.99. The minimum atomic E-state index is -4.67. The van der Waals surface area contributed by atoms with E-state index < -0.39 is 30.6 Å². The second-order valence-electron chi connectivity index (χ2n) is 6.48. The zero-order valence-electron chi connectivity index (χ0n) is 14.8. The summed E-state index contributed by atoms with van der Waals surface area (Å²) in [6.45, 7) is 0. The van der Waals surface area contributed by atoms with Gasteiger partial charge in [0.15, 0.2) is 0 Å². The summed E-state index contributed by atoms with van der Waals surface area (Å²) in [5.41, 5.74) is -1.46. The number of benzene rings is 3. The van der Waals surface area contributed by atoms with Crippen LogP contribution in [-0.2, 0) is 23.1 Å². The van der Waals surface area contributed by atoms with Crippen molar-refractivity contribution >= 4 is 17.8 Å². The van der Waals surface area contributed by atoms with E-state index in [1.54, 1.807) is 30.3 Å². The lowest BCUT2D eigenvalue weighted by molar-refractivity contribution is -0.138. The van der Waals surface area contributed by atoms with Gasteiger partial charge in [-0.1, -0.05) is 54.6 Å². The van der Waals surface area contributed by atoms with Gasteiger partial charge in [-0.25, -0.2) is 0 Å². The van der Waals surface area contributed by atoms with E-state index in [0.717, 1.165) is 36.4 Å². The zero-order chi connectivity index (χ0) is 21.3. The predicted molar refractivity (Wildman–Crippen MR) is 99.9 cm³/mol. The molecule has 0 atom stereocenters. The third kappa shape index (κ3) is 4.73. The highest BCUT2D eigenvalue weighted by molar-refractivity contribution is 7.78. The molecule has 0 aromatic heterocycles. The summed E-state index contributed by atoms with van der Waals surface area (Å²) < 4.78 is 93.0. The lowest BCUT2D eigenvalue weighted by Crippen LogP contribution is -2.21. The van der Waals surface area contributed by atoms with Crippen molar-refractivity contribution in [3.05, 3.63) is 95.6 Å². The van der Waals surface area contributed by atoms with Gasteiger partial charge in [0.2, 0.25) is 0 Å². The summed E-state index contributed by atoms with van der Waals surface area (Å²) in [7, 11) is -3.84. The van der Waals surface area contributed by atoms with Gasteiger partial charge in [-0.15, -0.1) is 0 Å². The molecule has 3 aromatic rings. The Bertz CT molecular complexity index is 979. The Hall–Kier alpha value is -2.53. The Morgan fingerprint density at radius 1 is 0.621 bits per heavy atom. The van der Waals surface area contributed by atoms with Crippen LogP contribution in [0.2, 0.25) is 0 Å². The second kappa shape index (κ2) is 7.71. The topological polar surface area (TPSA) is 17.1 Å². The van der Waals surface area contributed by atoms with Gasteiger partial charge in [-0.2, -0.15) is 26.3 Å². The molecule has 0 N–H and O–H groups in total. The first-order valence-corrected chi connectivity index (χ1v) is 10.4. The first-order chi connectivity index (χ1) is 13.5. The highest BCUT2D eigenvalue weighted by Gasteiger charge is 2.36. The van der Waals surface area contributed by atoms with Crippen LogP contribution < -0.4 is 10.6 Å². The van der Waals surface area contributed by atoms with Crippen LogP contribution in [0.25, 0.3) is 0 Å². The largest absolute Gasteiger partial charge is 0.416 e. The van der Waals surface area contributed by atoms with Crippen LogP contribution in [0, 0.1) is 0 Å². The number of hydrogen-bond acceptors (Lipinski definition) is 1. The van der Waals surface area contributed by atoms with E-state index >= 15 is 0 Å².